The van der Waals surface area contributed by atoms with Gasteiger partial charge < -0.3 is 9.84 Å². The fourth-order valence-corrected chi connectivity index (χ4v) is 2.92. The summed E-state index contributed by atoms with van der Waals surface area (Å²) in [5, 5.41) is 9.68. The Morgan fingerprint density at radius 3 is 2.85 bits per heavy atom. The molecule has 0 aromatic carbocycles. The van der Waals surface area contributed by atoms with Crippen molar-refractivity contribution in [3.05, 3.63) is 32.6 Å². The fraction of sp³-hybridized carbons (Fsp3) is 0.714. The Morgan fingerprint density at radius 1 is 1.55 bits per heavy atom. The van der Waals surface area contributed by atoms with Gasteiger partial charge in [0.05, 0.1) is 12.2 Å². The Hall–Kier alpha value is -1.40. The molecule has 6 nitrogen and oxygen atoms in total. The van der Waals surface area contributed by atoms with Crippen LogP contribution in [0, 0.1) is 12.8 Å². The van der Waals surface area contributed by atoms with Gasteiger partial charge in [0.2, 0.25) is 0 Å². The molecule has 6 heteroatoms. The minimum absolute atomic E-state index is 0.0599. The lowest BCUT2D eigenvalue weighted by Crippen LogP contribution is -2.39. The van der Waals surface area contributed by atoms with Crippen molar-refractivity contribution < 1.29 is 9.84 Å². The highest BCUT2D eigenvalue weighted by atomic mass is 16.5. The first-order chi connectivity index (χ1) is 9.43. The van der Waals surface area contributed by atoms with Gasteiger partial charge in [-0.3, -0.25) is 14.3 Å². The van der Waals surface area contributed by atoms with Crippen molar-refractivity contribution in [1.82, 2.24) is 9.55 Å². The Kier molecular flexibility index (Phi) is 4.15. The molecule has 1 aliphatic rings. The SMILES string of the molecule is CCCC1(CO)OC(n2cc(C)c(=O)[nH]c2=O)CC1C. The third kappa shape index (κ3) is 2.45. The molecule has 2 rings (SSSR count). The van der Waals surface area contributed by atoms with Crippen molar-refractivity contribution >= 4 is 0 Å². The molecular weight excluding hydrogens is 260 g/mol. The number of aromatic nitrogens is 2. The molecular formula is C14H22N2O4. The summed E-state index contributed by atoms with van der Waals surface area (Å²) in [5.41, 5.74) is -0.969. The molecule has 0 aliphatic carbocycles. The van der Waals surface area contributed by atoms with E-state index in [0.717, 1.165) is 12.8 Å². The predicted molar refractivity (Wildman–Crippen MR) is 74.7 cm³/mol. The van der Waals surface area contributed by atoms with Crippen LogP contribution in [0.4, 0.5) is 0 Å². The summed E-state index contributed by atoms with van der Waals surface area (Å²) in [6.07, 6.45) is 3.38. The van der Waals surface area contributed by atoms with Crippen LogP contribution in [0.5, 0.6) is 0 Å². The van der Waals surface area contributed by atoms with Crippen LogP contribution in [-0.4, -0.2) is 26.9 Å². The van der Waals surface area contributed by atoms with E-state index in [2.05, 4.69) is 4.98 Å². The quantitative estimate of drug-likeness (QED) is 0.860. The second-order valence-electron chi connectivity index (χ2n) is 5.66. The molecule has 1 aromatic rings. The number of aliphatic hydroxyl groups excluding tert-OH is 1. The largest absolute Gasteiger partial charge is 0.393 e. The number of nitrogens with zero attached hydrogens (tertiary/aromatic N) is 1. The monoisotopic (exact) mass is 282 g/mol. The topological polar surface area (TPSA) is 84.3 Å². The van der Waals surface area contributed by atoms with Gasteiger partial charge >= 0.3 is 5.69 Å². The number of H-pyrrole nitrogens is 1. The van der Waals surface area contributed by atoms with Gasteiger partial charge in [0.1, 0.15) is 6.23 Å². The molecule has 20 heavy (non-hydrogen) atoms. The molecule has 1 fully saturated rings. The second kappa shape index (κ2) is 5.54. The molecule has 0 amide bonds. The van der Waals surface area contributed by atoms with Gasteiger partial charge in [-0.05, 0) is 25.7 Å². The Labute approximate surface area is 117 Å². The first-order valence-electron chi connectivity index (χ1n) is 7.04. The van der Waals surface area contributed by atoms with Crippen LogP contribution in [0.3, 0.4) is 0 Å². The molecule has 1 aromatic heterocycles. The number of hydrogen-bond donors (Lipinski definition) is 2. The lowest BCUT2D eigenvalue weighted by molar-refractivity contribution is -0.115. The standard InChI is InChI=1S/C14H22N2O4/c1-4-5-14(8-17)10(3)6-11(20-14)16-7-9(2)12(18)15-13(16)19/h7,10-11,17H,4-6,8H2,1-3H3,(H,15,18,19). The van der Waals surface area contributed by atoms with E-state index in [-0.39, 0.29) is 18.1 Å². The van der Waals surface area contributed by atoms with Crippen LogP contribution in [-0.2, 0) is 4.74 Å². The molecule has 0 spiro atoms. The predicted octanol–water partition coefficient (Wildman–Crippen LogP) is 0.931. The molecule has 112 valence electrons. The summed E-state index contributed by atoms with van der Waals surface area (Å²) < 4.78 is 7.42. The zero-order chi connectivity index (χ0) is 14.9. The minimum Gasteiger partial charge on any atom is -0.393 e. The van der Waals surface area contributed by atoms with Crippen molar-refractivity contribution in [2.24, 2.45) is 5.92 Å². The maximum Gasteiger partial charge on any atom is 0.330 e. The van der Waals surface area contributed by atoms with Crippen molar-refractivity contribution in [3.63, 3.8) is 0 Å². The lowest BCUT2D eigenvalue weighted by Gasteiger charge is -2.30. The van der Waals surface area contributed by atoms with Crippen molar-refractivity contribution in [3.8, 4) is 0 Å². The van der Waals surface area contributed by atoms with E-state index in [9.17, 15) is 14.7 Å². The van der Waals surface area contributed by atoms with E-state index in [0.29, 0.717) is 12.0 Å². The molecule has 2 N–H and O–H groups in total. The Morgan fingerprint density at radius 2 is 2.25 bits per heavy atom. The second-order valence-corrected chi connectivity index (χ2v) is 5.66. The summed E-state index contributed by atoms with van der Waals surface area (Å²) in [6.45, 7) is 5.65. The van der Waals surface area contributed by atoms with Gasteiger partial charge in [0.25, 0.3) is 5.56 Å². The lowest BCUT2D eigenvalue weighted by atomic mass is 9.85. The van der Waals surface area contributed by atoms with Crippen LogP contribution in [0.2, 0.25) is 0 Å². The Bertz CT molecular complexity index is 592. The van der Waals surface area contributed by atoms with Gasteiger partial charge in [0, 0.05) is 11.8 Å². The highest BCUT2D eigenvalue weighted by molar-refractivity contribution is 5.03. The normalized spacial score (nSPS) is 29.8. The smallest absolute Gasteiger partial charge is 0.330 e. The van der Waals surface area contributed by atoms with Gasteiger partial charge in [-0.15, -0.1) is 0 Å². The third-order valence-electron chi connectivity index (χ3n) is 4.22. The van der Waals surface area contributed by atoms with Crippen LogP contribution < -0.4 is 11.2 Å². The first kappa shape index (κ1) is 15.0. The van der Waals surface area contributed by atoms with Gasteiger partial charge in [0.15, 0.2) is 0 Å². The molecule has 3 unspecified atom stereocenters. The molecule has 0 radical (unpaired) electrons. The number of hydrogen-bond acceptors (Lipinski definition) is 4. The maximum absolute atomic E-state index is 11.9. The molecule has 1 saturated heterocycles. The number of rotatable bonds is 4. The number of aryl methyl sites for hydroxylation is 1. The van der Waals surface area contributed by atoms with E-state index < -0.39 is 17.5 Å². The third-order valence-corrected chi connectivity index (χ3v) is 4.22. The van der Waals surface area contributed by atoms with E-state index in [1.807, 2.05) is 13.8 Å². The maximum atomic E-state index is 11.9. The molecule has 2 heterocycles. The number of aromatic amines is 1. The summed E-state index contributed by atoms with van der Waals surface area (Å²) >= 11 is 0. The van der Waals surface area contributed by atoms with Crippen molar-refractivity contribution in [2.75, 3.05) is 6.61 Å². The highest BCUT2D eigenvalue weighted by Crippen LogP contribution is 2.43. The van der Waals surface area contributed by atoms with E-state index in [4.69, 9.17) is 4.74 Å². The molecule has 0 saturated carbocycles. The number of ether oxygens (including phenoxy) is 1. The average Bonchev–Trinajstić information content (AvgIpc) is 2.72. The fourth-order valence-electron chi connectivity index (χ4n) is 2.92. The van der Waals surface area contributed by atoms with Crippen LogP contribution in [0.1, 0.15) is 44.9 Å². The van der Waals surface area contributed by atoms with Crippen molar-refractivity contribution in [2.45, 2.75) is 51.9 Å². The molecule has 1 aliphatic heterocycles. The summed E-state index contributed by atoms with van der Waals surface area (Å²) in [5.74, 6) is 0.150. The highest BCUT2D eigenvalue weighted by Gasteiger charge is 2.46. The number of nitrogens with one attached hydrogen (secondary N) is 1. The van der Waals surface area contributed by atoms with Gasteiger partial charge in [-0.2, -0.15) is 0 Å². The zero-order valence-electron chi connectivity index (χ0n) is 12.2. The first-order valence-corrected chi connectivity index (χ1v) is 7.04. The zero-order valence-corrected chi connectivity index (χ0v) is 12.2. The summed E-state index contributed by atoms with van der Waals surface area (Å²) in [7, 11) is 0. The number of aliphatic hydroxyl groups is 1. The van der Waals surface area contributed by atoms with E-state index in [1.54, 1.807) is 6.92 Å². The van der Waals surface area contributed by atoms with Crippen LogP contribution in [0.15, 0.2) is 15.8 Å². The van der Waals surface area contributed by atoms with E-state index >= 15 is 0 Å². The van der Waals surface area contributed by atoms with Crippen LogP contribution in [0.25, 0.3) is 0 Å². The molecule has 3 atom stereocenters. The Balaban J connectivity index is 2.35. The summed E-state index contributed by atoms with van der Waals surface area (Å²) in [6, 6.07) is 0. The van der Waals surface area contributed by atoms with E-state index in [1.165, 1.54) is 10.8 Å². The van der Waals surface area contributed by atoms with Gasteiger partial charge in [-0.25, -0.2) is 4.79 Å². The van der Waals surface area contributed by atoms with Crippen molar-refractivity contribution in [1.29, 1.82) is 0 Å². The summed E-state index contributed by atoms with van der Waals surface area (Å²) in [4.78, 5) is 25.6. The average molecular weight is 282 g/mol. The van der Waals surface area contributed by atoms with Crippen LogP contribution >= 0.6 is 0 Å². The minimum atomic E-state index is -0.594. The van der Waals surface area contributed by atoms with Gasteiger partial charge in [-0.1, -0.05) is 20.3 Å². The molecule has 0 bridgehead atoms.